The number of hydrogen-bond acceptors (Lipinski definition) is 6. The highest BCUT2D eigenvalue weighted by Crippen LogP contribution is 2.40. The average Bonchev–Trinajstić information content (AvgIpc) is 3.25. The van der Waals surface area contributed by atoms with Gasteiger partial charge in [0.1, 0.15) is 16.9 Å². The summed E-state index contributed by atoms with van der Waals surface area (Å²) < 4.78 is 16.4. The summed E-state index contributed by atoms with van der Waals surface area (Å²) in [6.07, 6.45) is 5.24. The Balaban J connectivity index is 1.42. The molecule has 4 atom stereocenters. The van der Waals surface area contributed by atoms with E-state index in [-0.39, 0.29) is 30.0 Å². The van der Waals surface area contributed by atoms with Crippen LogP contribution in [0.15, 0.2) is 36.5 Å². The number of nitrogens with zero attached hydrogens (tertiary/aromatic N) is 5. The quantitative estimate of drug-likeness (QED) is 0.402. The van der Waals surface area contributed by atoms with Crippen molar-refractivity contribution in [3.8, 4) is 17.3 Å². The molecule has 7 rings (SSSR count). The molecular formula is C30H36N6O3. The van der Waals surface area contributed by atoms with Gasteiger partial charge in [-0.1, -0.05) is 6.92 Å². The lowest BCUT2D eigenvalue weighted by atomic mass is 10.0. The second-order valence-electron chi connectivity index (χ2n) is 11.6. The fourth-order valence-electron chi connectivity index (χ4n) is 6.47. The number of carbonyl (C=O) groups is 1. The first kappa shape index (κ1) is 24.6. The number of hydrogen-bond donors (Lipinski definition) is 1. The Morgan fingerprint density at radius 3 is 2.74 bits per heavy atom. The van der Waals surface area contributed by atoms with Gasteiger partial charge < -0.3 is 29.2 Å². The lowest BCUT2D eigenvalue weighted by Gasteiger charge is -2.23. The van der Waals surface area contributed by atoms with Gasteiger partial charge in [-0.05, 0) is 68.4 Å². The van der Waals surface area contributed by atoms with Crippen LogP contribution in [0.4, 0.5) is 0 Å². The molecule has 0 bridgehead atoms. The molecular weight excluding hydrogens is 492 g/mol. The number of carbonyl (C=O) groups excluding carboxylic acids is 1. The number of amides is 1. The first-order valence-corrected chi connectivity index (χ1v) is 14.1. The lowest BCUT2D eigenvalue weighted by molar-refractivity contribution is 0.0739. The number of aromatic nitrogens is 4. The zero-order valence-corrected chi connectivity index (χ0v) is 22.8. The van der Waals surface area contributed by atoms with E-state index in [1.165, 1.54) is 12.8 Å². The van der Waals surface area contributed by atoms with Crippen LogP contribution in [0, 0.1) is 11.8 Å². The first-order valence-electron chi connectivity index (χ1n) is 14.1. The van der Waals surface area contributed by atoms with E-state index in [0.717, 1.165) is 46.6 Å². The maximum Gasteiger partial charge on any atom is 0.254 e. The van der Waals surface area contributed by atoms with E-state index in [1.54, 1.807) is 7.11 Å². The molecule has 2 N–H and O–H groups in total. The van der Waals surface area contributed by atoms with Gasteiger partial charge in [0.15, 0.2) is 5.82 Å². The molecule has 0 spiro atoms. The normalized spacial score (nSPS) is 25.3. The Morgan fingerprint density at radius 2 is 2.05 bits per heavy atom. The topological polar surface area (TPSA) is 100 Å². The fourth-order valence-corrected chi connectivity index (χ4v) is 6.47. The molecule has 1 aromatic carbocycles. The molecule has 39 heavy (non-hydrogen) atoms. The molecule has 3 aliphatic rings. The summed E-state index contributed by atoms with van der Waals surface area (Å²) in [5.74, 6) is 2.41. The summed E-state index contributed by atoms with van der Waals surface area (Å²) in [6, 6.07) is 10.1. The molecule has 3 fully saturated rings. The van der Waals surface area contributed by atoms with Crippen LogP contribution < -0.4 is 10.5 Å². The number of rotatable bonds is 6. The van der Waals surface area contributed by atoms with E-state index in [9.17, 15) is 4.79 Å². The third-order valence-electron chi connectivity index (χ3n) is 8.96. The van der Waals surface area contributed by atoms with Crippen molar-refractivity contribution in [1.29, 1.82) is 0 Å². The second kappa shape index (κ2) is 9.34. The Hall–Kier alpha value is -3.43. The third kappa shape index (κ3) is 4.02. The zero-order valence-electron chi connectivity index (χ0n) is 22.8. The minimum atomic E-state index is -0.0326. The molecule has 2 unspecified atom stereocenters. The number of fused-ring (bicyclic) bond motifs is 2. The predicted octanol–water partition coefficient (Wildman–Crippen LogP) is 4.24. The van der Waals surface area contributed by atoms with E-state index in [2.05, 4.69) is 28.2 Å². The van der Waals surface area contributed by atoms with Crippen molar-refractivity contribution in [2.45, 2.75) is 57.8 Å². The predicted molar refractivity (Wildman–Crippen MR) is 150 cm³/mol. The lowest BCUT2D eigenvalue weighted by Crippen LogP contribution is -2.40. The van der Waals surface area contributed by atoms with E-state index >= 15 is 0 Å². The number of pyridine rings is 1. The minimum absolute atomic E-state index is 0.0245. The second-order valence-corrected chi connectivity index (χ2v) is 11.6. The highest BCUT2D eigenvalue weighted by atomic mass is 16.5. The average molecular weight is 529 g/mol. The molecule has 9 nitrogen and oxygen atoms in total. The third-order valence-corrected chi connectivity index (χ3v) is 8.96. The Bertz CT molecular complexity index is 1560. The van der Waals surface area contributed by atoms with Crippen LogP contribution >= 0.6 is 0 Å². The van der Waals surface area contributed by atoms with Gasteiger partial charge in [0.2, 0.25) is 0 Å². The Morgan fingerprint density at radius 1 is 1.21 bits per heavy atom. The standard InChI is InChI=1S/C30H36N6O3/c1-17-14-34(18(2)26(17)31)30(37)21-11-23-27(25(13-21)38-3)36(22-8-10-39-16-22)29(33-23)24-12-20-5-4-9-32-28(20)35(24)15-19-6-7-19/h4-5,9,11-13,17-19,22,26H,6-8,10,14-16,31H2,1-3H3/t17-,18?,22+,26?/m1/s1. The summed E-state index contributed by atoms with van der Waals surface area (Å²) in [5.41, 5.74) is 10.6. The molecule has 2 aliphatic heterocycles. The summed E-state index contributed by atoms with van der Waals surface area (Å²) in [4.78, 5) is 25.6. The maximum atomic E-state index is 13.7. The van der Waals surface area contributed by atoms with Gasteiger partial charge in [-0.3, -0.25) is 4.79 Å². The molecule has 9 heteroatoms. The van der Waals surface area contributed by atoms with E-state index in [0.29, 0.717) is 37.0 Å². The van der Waals surface area contributed by atoms with Crippen LogP contribution in [-0.4, -0.2) is 68.9 Å². The summed E-state index contributed by atoms with van der Waals surface area (Å²) in [7, 11) is 1.66. The highest BCUT2D eigenvalue weighted by molar-refractivity contribution is 6.00. The van der Waals surface area contributed by atoms with Crippen LogP contribution in [0.25, 0.3) is 33.6 Å². The SMILES string of the molecule is COc1cc(C(=O)N2C[C@@H](C)C(N)C2C)cc2nc(-c3cc4cccnc4n3CC3CC3)n([C@H]3CCOC3)c12. The van der Waals surface area contributed by atoms with Crippen molar-refractivity contribution in [3.05, 3.63) is 42.1 Å². The van der Waals surface area contributed by atoms with Crippen LogP contribution in [0.2, 0.25) is 0 Å². The van der Waals surface area contributed by atoms with E-state index in [4.69, 9.17) is 25.2 Å². The molecule has 1 saturated carbocycles. The van der Waals surface area contributed by atoms with Crippen LogP contribution in [0.1, 0.15) is 49.5 Å². The fraction of sp³-hybridized carbons (Fsp3) is 0.500. The molecule has 1 amide bonds. The maximum absolute atomic E-state index is 13.7. The minimum Gasteiger partial charge on any atom is -0.494 e. The monoisotopic (exact) mass is 528 g/mol. The van der Waals surface area contributed by atoms with E-state index < -0.39 is 0 Å². The van der Waals surface area contributed by atoms with Gasteiger partial charge in [0.25, 0.3) is 5.91 Å². The van der Waals surface area contributed by atoms with Gasteiger partial charge in [0.05, 0.1) is 31.0 Å². The highest BCUT2D eigenvalue weighted by Gasteiger charge is 2.38. The van der Waals surface area contributed by atoms with Crippen molar-refractivity contribution in [2.75, 3.05) is 26.9 Å². The van der Waals surface area contributed by atoms with Gasteiger partial charge in [0, 0.05) is 48.9 Å². The van der Waals surface area contributed by atoms with Gasteiger partial charge in [-0.2, -0.15) is 0 Å². The van der Waals surface area contributed by atoms with Crippen LogP contribution in [0.3, 0.4) is 0 Å². The first-order chi connectivity index (χ1) is 18.9. The molecule has 3 aromatic heterocycles. The van der Waals surface area contributed by atoms with Gasteiger partial charge in [-0.25, -0.2) is 9.97 Å². The smallest absolute Gasteiger partial charge is 0.254 e. The molecule has 5 heterocycles. The molecule has 2 saturated heterocycles. The van der Waals surface area contributed by atoms with Crippen molar-refractivity contribution in [3.63, 3.8) is 0 Å². The van der Waals surface area contributed by atoms with Crippen molar-refractivity contribution < 1.29 is 14.3 Å². The van der Waals surface area contributed by atoms with Crippen molar-refractivity contribution in [1.82, 2.24) is 24.0 Å². The number of methoxy groups -OCH3 is 1. The van der Waals surface area contributed by atoms with Gasteiger partial charge in [-0.15, -0.1) is 0 Å². The zero-order chi connectivity index (χ0) is 26.8. The molecule has 0 radical (unpaired) electrons. The number of likely N-dealkylation sites (tertiary alicyclic amines) is 1. The Kier molecular flexibility index (Phi) is 5.89. The van der Waals surface area contributed by atoms with Crippen LogP contribution in [-0.2, 0) is 11.3 Å². The van der Waals surface area contributed by atoms with E-state index in [1.807, 2.05) is 36.2 Å². The van der Waals surface area contributed by atoms with Gasteiger partial charge >= 0.3 is 0 Å². The summed E-state index contributed by atoms with van der Waals surface area (Å²) >= 11 is 0. The molecule has 4 aromatic rings. The molecule has 1 aliphatic carbocycles. The number of nitrogens with two attached hydrogens (primary N) is 1. The van der Waals surface area contributed by atoms with Crippen molar-refractivity contribution in [2.24, 2.45) is 17.6 Å². The van der Waals surface area contributed by atoms with Crippen molar-refractivity contribution >= 4 is 28.0 Å². The number of imidazole rings is 1. The Labute approximate surface area is 227 Å². The summed E-state index contributed by atoms with van der Waals surface area (Å²) in [6.45, 7) is 7.03. The number of ether oxygens (including phenoxy) is 2. The van der Waals surface area contributed by atoms with Crippen LogP contribution in [0.5, 0.6) is 5.75 Å². The summed E-state index contributed by atoms with van der Waals surface area (Å²) in [5, 5.41) is 1.10. The molecule has 204 valence electrons. The number of benzene rings is 1. The largest absolute Gasteiger partial charge is 0.494 e.